The van der Waals surface area contributed by atoms with Crippen LogP contribution in [0.3, 0.4) is 0 Å². The second-order valence-electron chi connectivity index (χ2n) is 4.56. The third-order valence-corrected chi connectivity index (χ3v) is 2.98. The van der Waals surface area contributed by atoms with E-state index >= 15 is 0 Å². The van der Waals surface area contributed by atoms with Gasteiger partial charge in [0.05, 0.1) is 24.1 Å². The van der Waals surface area contributed by atoms with Crippen LogP contribution in [0.1, 0.15) is 22.8 Å². The number of esters is 1. The van der Waals surface area contributed by atoms with Crippen LogP contribution in [0.5, 0.6) is 0 Å². The second-order valence-corrected chi connectivity index (χ2v) is 4.56. The molecular weight excluding hydrogens is 268 g/mol. The van der Waals surface area contributed by atoms with Gasteiger partial charge in [-0.05, 0) is 30.7 Å². The van der Waals surface area contributed by atoms with Crippen molar-refractivity contribution in [1.82, 2.24) is 9.97 Å². The number of hydrogen-bond acceptors (Lipinski definition) is 6. The Morgan fingerprint density at radius 3 is 2.76 bits per heavy atom. The van der Waals surface area contributed by atoms with Crippen molar-refractivity contribution in [2.75, 3.05) is 24.3 Å². The fourth-order valence-corrected chi connectivity index (χ4v) is 1.89. The zero-order valence-corrected chi connectivity index (χ0v) is 12.1. The molecule has 6 nitrogen and oxygen atoms in total. The first kappa shape index (κ1) is 14.8. The van der Waals surface area contributed by atoms with E-state index in [1.165, 1.54) is 6.20 Å². The number of pyridine rings is 2. The standard InChI is InChI=1S/C15H18N4O2/c1-3-21-15(20)12-8-14(18-9-13(12)16)19(2)10-11-4-6-17-7-5-11/h4-9H,3,10,16H2,1-2H3. The molecule has 0 aliphatic carbocycles. The SMILES string of the molecule is CCOC(=O)c1cc(N(C)Cc2ccncc2)ncc1N. The highest BCUT2D eigenvalue weighted by Gasteiger charge is 2.14. The number of carbonyl (C=O) groups excluding carboxylic acids is 1. The highest BCUT2D eigenvalue weighted by atomic mass is 16.5. The lowest BCUT2D eigenvalue weighted by Gasteiger charge is -2.19. The van der Waals surface area contributed by atoms with Crippen LogP contribution < -0.4 is 10.6 Å². The summed E-state index contributed by atoms with van der Waals surface area (Å²) in [5.74, 6) is 0.222. The Kier molecular flexibility index (Phi) is 4.71. The third-order valence-electron chi connectivity index (χ3n) is 2.98. The minimum absolute atomic E-state index is 0.308. The maximum absolute atomic E-state index is 11.8. The van der Waals surface area contributed by atoms with Crippen LogP contribution >= 0.6 is 0 Å². The van der Waals surface area contributed by atoms with Gasteiger partial charge in [0.1, 0.15) is 5.82 Å². The molecule has 0 aliphatic heterocycles. The van der Waals surface area contributed by atoms with E-state index < -0.39 is 5.97 Å². The van der Waals surface area contributed by atoms with E-state index in [4.69, 9.17) is 10.5 Å². The van der Waals surface area contributed by atoms with E-state index in [2.05, 4.69) is 9.97 Å². The summed E-state index contributed by atoms with van der Waals surface area (Å²) in [5.41, 5.74) is 7.53. The van der Waals surface area contributed by atoms with Crippen molar-refractivity contribution in [3.05, 3.63) is 47.9 Å². The maximum Gasteiger partial charge on any atom is 0.340 e. The number of hydrogen-bond donors (Lipinski definition) is 1. The Morgan fingerprint density at radius 1 is 1.38 bits per heavy atom. The molecule has 110 valence electrons. The first-order valence-electron chi connectivity index (χ1n) is 6.64. The lowest BCUT2D eigenvalue weighted by Crippen LogP contribution is -2.19. The Balaban J connectivity index is 2.20. The van der Waals surface area contributed by atoms with Crippen molar-refractivity contribution >= 4 is 17.5 Å². The third kappa shape index (κ3) is 3.68. The average Bonchev–Trinajstić information content (AvgIpc) is 2.48. The van der Waals surface area contributed by atoms with Crippen LogP contribution in [-0.2, 0) is 11.3 Å². The van der Waals surface area contributed by atoms with Crippen molar-refractivity contribution in [3.63, 3.8) is 0 Å². The molecule has 0 atom stereocenters. The van der Waals surface area contributed by atoms with Crippen LogP contribution in [0, 0.1) is 0 Å². The van der Waals surface area contributed by atoms with Crippen LogP contribution in [-0.4, -0.2) is 29.6 Å². The number of nitrogen functional groups attached to an aromatic ring is 1. The Labute approximate surface area is 123 Å². The molecule has 6 heteroatoms. The normalized spacial score (nSPS) is 10.2. The van der Waals surface area contributed by atoms with Gasteiger partial charge >= 0.3 is 5.97 Å². The van der Waals surface area contributed by atoms with Gasteiger partial charge in [-0.25, -0.2) is 9.78 Å². The zero-order valence-electron chi connectivity index (χ0n) is 12.1. The molecule has 0 unspecified atom stereocenters. The van der Waals surface area contributed by atoms with Gasteiger partial charge in [-0.1, -0.05) is 0 Å². The molecular formula is C15H18N4O2. The predicted molar refractivity (Wildman–Crippen MR) is 80.9 cm³/mol. The summed E-state index contributed by atoms with van der Waals surface area (Å²) in [6, 6.07) is 5.51. The minimum Gasteiger partial charge on any atom is -0.462 e. The van der Waals surface area contributed by atoms with Gasteiger partial charge < -0.3 is 15.4 Å². The number of ether oxygens (including phenoxy) is 1. The monoisotopic (exact) mass is 286 g/mol. The Morgan fingerprint density at radius 2 is 2.10 bits per heavy atom. The number of nitrogens with zero attached hydrogens (tertiary/aromatic N) is 3. The van der Waals surface area contributed by atoms with Gasteiger partial charge in [0.2, 0.25) is 0 Å². The molecule has 0 amide bonds. The number of anilines is 2. The first-order valence-corrected chi connectivity index (χ1v) is 6.64. The Bertz CT molecular complexity index is 616. The van der Waals surface area contributed by atoms with Crippen molar-refractivity contribution < 1.29 is 9.53 Å². The van der Waals surface area contributed by atoms with Crippen molar-refractivity contribution in [3.8, 4) is 0 Å². The summed E-state index contributed by atoms with van der Waals surface area (Å²) in [6.45, 7) is 2.72. The summed E-state index contributed by atoms with van der Waals surface area (Å²) in [6.07, 6.45) is 4.96. The molecule has 2 aromatic rings. The lowest BCUT2D eigenvalue weighted by atomic mass is 10.2. The molecule has 0 aromatic carbocycles. The summed E-state index contributed by atoms with van der Waals surface area (Å²) in [4.78, 5) is 22.0. The summed E-state index contributed by atoms with van der Waals surface area (Å²) < 4.78 is 4.99. The molecule has 0 fully saturated rings. The Hall–Kier alpha value is -2.63. The van der Waals surface area contributed by atoms with Crippen molar-refractivity contribution in [2.24, 2.45) is 0 Å². The quantitative estimate of drug-likeness (QED) is 0.845. The summed E-state index contributed by atoms with van der Waals surface area (Å²) >= 11 is 0. The molecule has 21 heavy (non-hydrogen) atoms. The zero-order chi connectivity index (χ0) is 15.2. The molecule has 0 saturated heterocycles. The van der Waals surface area contributed by atoms with E-state index in [1.54, 1.807) is 25.4 Å². The molecule has 2 heterocycles. The fourth-order valence-electron chi connectivity index (χ4n) is 1.89. The van der Waals surface area contributed by atoms with Gasteiger partial charge in [0.15, 0.2) is 0 Å². The number of rotatable bonds is 5. The maximum atomic E-state index is 11.8. The van der Waals surface area contributed by atoms with E-state index in [0.717, 1.165) is 5.56 Å². The topological polar surface area (TPSA) is 81.3 Å². The van der Waals surface area contributed by atoms with Gasteiger partial charge in [0, 0.05) is 26.0 Å². The summed E-state index contributed by atoms with van der Waals surface area (Å²) in [7, 11) is 1.90. The number of aromatic nitrogens is 2. The van der Waals surface area contributed by atoms with Crippen molar-refractivity contribution in [2.45, 2.75) is 13.5 Å². The molecule has 0 aliphatic rings. The van der Waals surface area contributed by atoms with Gasteiger partial charge in [-0.3, -0.25) is 4.98 Å². The van der Waals surface area contributed by atoms with Crippen molar-refractivity contribution in [1.29, 1.82) is 0 Å². The largest absolute Gasteiger partial charge is 0.462 e. The predicted octanol–water partition coefficient (Wildman–Crippen LogP) is 1.87. The highest BCUT2D eigenvalue weighted by Crippen LogP contribution is 2.19. The minimum atomic E-state index is -0.434. The van der Waals surface area contributed by atoms with Crippen LogP contribution in [0.2, 0.25) is 0 Å². The van der Waals surface area contributed by atoms with Crippen LogP contribution in [0.4, 0.5) is 11.5 Å². The highest BCUT2D eigenvalue weighted by molar-refractivity contribution is 5.95. The molecule has 0 spiro atoms. The molecule has 0 radical (unpaired) electrons. The molecule has 2 rings (SSSR count). The van der Waals surface area contributed by atoms with Gasteiger partial charge in [0.25, 0.3) is 0 Å². The van der Waals surface area contributed by atoms with E-state index in [1.807, 2.05) is 24.1 Å². The molecule has 2 aromatic heterocycles. The van der Waals surface area contributed by atoms with Crippen LogP contribution in [0.15, 0.2) is 36.8 Å². The van der Waals surface area contributed by atoms with Gasteiger partial charge in [-0.2, -0.15) is 0 Å². The van der Waals surface area contributed by atoms with Gasteiger partial charge in [-0.15, -0.1) is 0 Å². The van der Waals surface area contributed by atoms with E-state index in [-0.39, 0.29) is 0 Å². The first-order chi connectivity index (χ1) is 10.1. The summed E-state index contributed by atoms with van der Waals surface area (Å²) in [5, 5.41) is 0. The second kappa shape index (κ2) is 6.69. The number of nitrogens with two attached hydrogens (primary N) is 1. The molecule has 0 saturated carbocycles. The molecule has 0 bridgehead atoms. The van der Waals surface area contributed by atoms with E-state index in [9.17, 15) is 4.79 Å². The lowest BCUT2D eigenvalue weighted by molar-refractivity contribution is 0.0527. The van der Waals surface area contributed by atoms with E-state index in [0.29, 0.717) is 30.2 Å². The number of carbonyl (C=O) groups is 1. The van der Waals surface area contributed by atoms with Crippen LogP contribution in [0.25, 0.3) is 0 Å². The smallest absolute Gasteiger partial charge is 0.340 e. The molecule has 2 N–H and O–H groups in total. The average molecular weight is 286 g/mol. The fraction of sp³-hybridized carbons (Fsp3) is 0.267.